The molecule has 0 unspecified atom stereocenters. The van der Waals surface area contributed by atoms with Crippen molar-refractivity contribution in [1.29, 1.82) is 0 Å². The average Bonchev–Trinajstić information content (AvgIpc) is 2.94. The highest BCUT2D eigenvalue weighted by Crippen LogP contribution is 2.33. The van der Waals surface area contributed by atoms with Crippen molar-refractivity contribution in [3.05, 3.63) is 82.6 Å². The van der Waals surface area contributed by atoms with E-state index in [2.05, 4.69) is 9.88 Å². The number of hydrogen-bond acceptors (Lipinski definition) is 5. The van der Waals surface area contributed by atoms with Crippen LogP contribution in [0.3, 0.4) is 0 Å². The fraction of sp³-hybridized carbons (Fsp3) is 0.406. The van der Waals surface area contributed by atoms with Gasteiger partial charge in [0.2, 0.25) is 6.20 Å². The Morgan fingerprint density at radius 3 is 2.17 bits per heavy atom. The van der Waals surface area contributed by atoms with E-state index >= 15 is 0 Å². The Kier molecular flexibility index (Phi) is 16.3. The van der Waals surface area contributed by atoms with Gasteiger partial charge in [-0.25, -0.2) is 9.36 Å². The number of pyridine rings is 1. The van der Waals surface area contributed by atoms with Gasteiger partial charge in [-0.3, -0.25) is 4.79 Å². The Labute approximate surface area is 269 Å². The van der Waals surface area contributed by atoms with E-state index in [4.69, 9.17) is 32.7 Å². The van der Waals surface area contributed by atoms with Crippen LogP contribution in [0.15, 0.2) is 67.0 Å². The summed E-state index contributed by atoms with van der Waals surface area (Å²) in [5.74, 6) is 0.307. The first-order chi connectivity index (χ1) is 19.8. The maximum atomic E-state index is 12.5. The number of esters is 1. The van der Waals surface area contributed by atoms with Crippen molar-refractivity contribution in [2.24, 2.45) is 0 Å². The highest BCUT2D eigenvalue weighted by Gasteiger charge is 2.13. The Hall–Kier alpha value is -2.81. The van der Waals surface area contributed by atoms with Gasteiger partial charge in [-0.1, -0.05) is 79.6 Å². The van der Waals surface area contributed by atoms with Gasteiger partial charge in [0.15, 0.2) is 11.9 Å². The highest BCUT2D eigenvalue weighted by molar-refractivity contribution is 6.39. The molecule has 0 atom stereocenters. The Bertz CT molecular complexity index is 1260. The van der Waals surface area contributed by atoms with E-state index in [1.807, 2.05) is 42.7 Å². The second-order valence-electron chi connectivity index (χ2n) is 10.1. The van der Waals surface area contributed by atoms with Gasteiger partial charge in [-0.15, -0.1) is 0 Å². The summed E-state index contributed by atoms with van der Waals surface area (Å²) in [6.45, 7) is 1.33. The lowest BCUT2D eigenvalue weighted by atomic mass is 10.1. The molecule has 10 heteroatoms. The average molecular weight is 681 g/mol. The summed E-state index contributed by atoms with van der Waals surface area (Å²) in [5.41, 5.74) is 2.22. The lowest BCUT2D eigenvalue weighted by Gasteiger charge is -2.14. The molecule has 0 bridgehead atoms. The van der Waals surface area contributed by atoms with Crippen LogP contribution in [0.4, 0.5) is 16.2 Å². The number of unbranched alkanes of at least 4 members (excludes halogenated alkanes) is 7. The fourth-order valence-corrected chi connectivity index (χ4v) is 4.78. The Morgan fingerprint density at radius 2 is 1.48 bits per heavy atom. The molecule has 0 aliphatic carbocycles. The van der Waals surface area contributed by atoms with Crippen LogP contribution < -0.4 is 31.6 Å². The molecule has 42 heavy (non-hydrogen) atoms. The van der Waals surface area contributed by atoms with E-state index in [-0.39, 0.29) is 35.5 Å². The van der Waals surface area contributed by atoms with Gasteiger partial charge >= 0.3 is 12.1 Å². The minimum atomic E-state index is -0.379. The topological polar surface area (TPSA) is 71.8 Å². The molecule has 0 saturated carbocycles. The lowest BCUT2D eigenvalue weighted by molar-refractivity contribution is -0.697. The molecule has 1 heterocycles. The van der Waals surface area contributed by atoms with Crippen LogP contribution in [0.5, 0.6) is 5.75 Å². The van der Waals surface area contributed by atoms with E-state index in [0.717, 1.165) is 49.9 Å². The zero-order valence-electron chi connectivity index (χ0n) is 24.3. The van der Waals surface area contributed by atoms with Crippen molar-refractivity contribution in [3.8, 4) is 5.75 Å². The van der Waals surface area contributed by atoms with Crippen LogP contribution in [0.1, 0.15) is 56.9 Å². The van der Waals surface area contributed by atoms with Crippen molar-refractivity contribution < 1.29 is 40.6 Å². The second kappa shape index (κ2) is 19.4. The SMILES string of the molecule is CN(C)C(=O)Oc1ccc[n+](CCCCCCCCCCOC(=O)Cc2ccccc2Nc2c(Cl)cccc2Cl)c1.[Br-]. The summed E-state index contributed by atoms with van der Waals surface area (Å²) in [7, 11) is 3.33. The molecule has 2 aromatic carbocycles. The molecule has 3 rings (SSSR count). The largest absolute Gasteiger partial charge is 1.00 e. The van der Waals surface area contributed by atoms with Crippen LogP contribution >= 0.6 is 23.2 Å². The third kappa shape index (κ3) is 12.6. The van der Waals surface area contributed by atoms with Crippen LogP contribution in [0.2, 0.25) is 10.0 Å². The summed E-state index contributed by atoms with van der Waals surface area (Å²) in [4.78, 5) is 25.6. The van der Waals surface area contributed by atoms with Gasteiger partial charge in [-0.2, -0.15) is 0 Å². The summed E-state index contributed by atoms with van der Waals surface area (Å²) >= 11 is 12.6. The molecule has 1 aromatic heterocycles. The molecule has 0 fully saturated rings. The minimum absolute atomic E-state index is 0. The molecule has 0 aliphatic rings. The first-order valence-corrected chi connectivity index (χ1v) is 14.9. The number of anilines is 2. The summed E-state index contributed by atoms with van der Waals surface area (Å²) in [6, 6.07) is 16.6. The maximum Gasteiger partial charge on any atom is 0.414 e. The van der Waals surface area contributed by atoms with Crippen molar-refractivity contribution in [1.82, 2.24) is 4.90 Å². The van der Waals surface area contributed by atoms with Gasteiger partial charge in [0.25, 0.3) is 0 Å². The number of nitrogens with zero attached hydrogens (tertiary/aromatic N) is 2. The quantitative estimate of drug-likeness (QED) is 0.131. The predicted molar refractivity (Wildman–Crippen MR) is 164 cm³/mol. The monoisotopic (exact) mass is 679 g/mol. The van der Waals surface area contributed by atoms with Crippen LogP contribution in [-0.4, -0.2) is 37.7 Å². The molecular formula is C32H40BrCl2N3O4. The number of ether oxygens (including phenoxy) is 2. The molecule has 0 spiro atoms. The van der Waals surface area contributed by atoms with E-state index in [1.54, 1.807) is 38.4 Å². The first kappa shape index (κ1) is 35.4. The number of rotatable bonds is 16. The Morgan fingerprint density at radius 1 is 0.833 bits per heavy atom. The molecule has 228 valence electrons. The molecule has 3 aromatic rings. The summed E-state index contributed by atoms with van der Waals surface area (Å²) in [6.07, 6.45) is 12.5. The zero-order valence-corrected chi connectivity index (χ0v) is 27.4. The van der Waals surface area contributed by atoms with Crippen LogP contribution in [0, 0.1) is 0 Å². The van der Waals surface area contributed by atoms with E-state index < -0.39 is 0 Å². The van der Waals surface area contributed by atoms with Crippen LogP contribution in [0.25, 0.3) is 0 Å². The van der Waals surface area contributed by atoms with E-state index in [9.17, 15) is 9.59 Å². The molecule has 1 amide bonds. The third-order valence-electron chi connectivity index (χ3n) is 6.55. The molecule has 0 saturated heterocycles. The summed E-state index contributed by atoms with van der Waals surface area (Å²) in [5, 5.41) is 4.28. The highest BCUT2D eigenvalue weighted by atomic mass is 79.9. The zero-order chi connectivity index (χ0) is 29.5. The number of para-hydroxylation sites is 2. The van der Waals surface area contributed by atoms with Gasteiger partial charge < -0.3 is 36.7 Å². The molecule has 0 radical (unpaired) electrons. The normalized spacial score (nSPS) is 10.5. The van der Waals surface area contributed by atoms with Crippen molar-refractivity contribution in [2.75, 3.05) is 26.0 Å². The second-order valence-corrected chi connectivity index (χ2v) is 11.0. The standard InChI is InChI=1S/C32H40Cl2N3O4.BrH/c1-36(2)32(39)41-26-16-14-21-37(24-26)20-11-7-5-3-4-6-8-12-22-40-30(38)23-25-15-9-10-19-29(25)35-31-27(33)17-13-18-28(31)34;/h9-10,13-19,21,24,35H,3-8,11-12,20,22-23H2,1-2H3;1H/q+1;/p-1. The molecule has 0 aliphatic heterocycles. The Balaban J connectivity index is 0.00000616. The number of hydrogen-bond donors (Lipinski definition) is 1. The number of amides is 1. The van der Waals surface area contributed by atoms with E-state index in [1.165, 1.54) is 24.2 Å². The minimum Gasteiger partial charge on any atom is -1.00 e. The summed E-state index contributed by atoms with van der Waals surface area (Å²) < 4.78 is 12.9. The molecule has 1 N–H and O–H groups in total. The number of halogens is 3. The van der Waals surface area contributed by atoms with Crippen molar-refractivity contribution in [3.63, 3.8) is 0 Å². The van der Waals surface area contributed by atoms with Crippen molar-refractivity contribution >= 4 is 46.6 Å². The van der Waals surface area contributed by atoms with Gasteiger partial charge in [0.05, 0.1) is 28.8 Å². The number of benzene rings is 2. The fourth-order valence-electron chi connectivity index (χ4n) is 4.29. The number of aromatic nitrogens is 1. The number of aryl methyl sites for hydroxylation is 1. The number of carbonyl (C=O) groups excluding carboxylic acids is 2. The predicted octanol–water partition coefficient (Wildman–Crippen LogP) is 5.00. The number of nitrogens with one attached hydrogen (secondary N) is 1. The van der Waals surface area contributed by atoms with E-state index in [0.29, 0.717) is 28.1 Å². The van der Waals surface area contributed by atoms with Gasteiger partial charge in [0, 0.05) is 32.3 Å². The van der Waals surface area contributed by atoms with Gasteiger partial charge in [0.1, 0.15) is 6.54 Å². The van der Waals surface area contributed by atoms with Gasteiger partial charge in [-0.05, 0) is 42.7 Å². The lowest BCUT2D eigenvalue weighted by Crippen LogP contribution is -3.00. The van der Waals surface area contributed by atoms with Crippen molar-refractivity contribution in [2.45, 2.75) is 64.3 Å². The molecule has 7 nitrogen and oxygen atoms in total. The third-order valence-corrected chi connectivity index (χ3v) is 7.18. The smallest absolute Gasteiger partial charge is 0.414 e. The maximum absolute atomic E-state index is 12.5. The van der Waals surface area contributed by atoms with Crippen LogP contribution in [-0.2, 0) is 22.5 Å². The first-order valence-electron chi connectivity index (χ1n) is 14.2. The molecular weight excluding hydrogens is 641 g/mol. The number of carbonyl (C=O) groups is 2.